The van der Waals surface area contributed by atoms with E-state index in [-0.39, 0.29) is 11.9 Å². The molecule has 1 fully saturated rings. The summed E-state index contributed by atoms with van der Waals surface area (Å²) in [6.45, 7) is 8.44. The first-order valence-electron chi connectivity index (χ1n) is 5.52. The highest BCUT2D eigenvalue weighted by atomic mass is 16.5. The van der Waals surface area contributed by atoms with Crippen molar-refractivity contribution in [2.75, 3.05) is 19.8 Å². The molecule has 0 aromatic heterocycles. The van der Waals surface area contributed by atoms with Gasteiger partial charge in [0.2, 0.25) is 5.91 Å². The normalized spacial score (nSPS) is 24.8. The summed E-state index contributed by atoms with van der Waals surface area (Å²) in [5, 5.41) is 0. The molecule has 0 aromatic rings. The van der Waals surface area contributed by atoms with Crippen LogP contribution in [0, 0.1) is 5.92 Å². The SMILES string of the molecule is CCC(C)CC(=O)N1CCOC[C@H]1C. The van der Waals surface area contributed by atoms with Crippen LogP contribution in [0.25, 0.3) is 0 Å². The third-order valence-corrected chi connectivity index (χ3v) is 2.91. The van der Waals surface area contributed by atoms with Crippen LogP contribution in [-0.2, 0) is 9.53 Å². The van der Waals surface area contributed by atoms with Gasteiger partial charge in [-0.2, -0.15) is 0 Å². The monoisotopic (exact) mass is 199 g/mol. The van der Waals surface area contributed by atoms with Gasteiger partial charge in [0, 0.05) is 13.0 Å². The van der Waals surface area contributed by atoms with Crippen molar-refractivity contribution >= 4 is 5.91 Å². The summed E-state index contributed by atoms with van der Waals surface area (Å²) >= 11 is 0. The molecule has 1 unspecified atom stereocenters. The van der Waals surface area contributed by atoms with E-state index in [0.717, 1.165) is 13.0 Å². The number of hydrogen-bond acceptors (Lipinski definition) is 2. The smallest absolute Gasteiger partial charge is 0.223 e. The Morgan fingerprint density at radius 3 is 2.93 bits per heavy atom. The third-order valence-electron chi connectivity index (χ3n) is 2.91. The molecule has 1 rings (SSSR count). The zero-order valence-electron chi connectivity index (χ0n) is 9.45. The summed E-state index contributed by atoms with van der Waals surface area (Å²) in [6.07, 6.45) is 1.76. The van der Waals surface area contributed by atoms with Gasteiger partial charge in [-0.05, 0) is 12.8 Å². The summed E-state index contributed by atoms with van der Waals surface area (Å²) in [7, 11) is 0. The lowest BCUT2D eigenvalue weighted by molar-refractivity contribution is -0.140. The fourth-order valence-electron chi connectivity index (χ4n) is 1.66. The van der Waals surface area contributed by atoms with Crippen LogP contribution < -0.4 is 0 Å². The zero-order chi connectivity index (χ0) is 10.6. The molecule has 1 aliphatic rings. The first-order valence-corrected chi connectivity index (χ1v) is 5.52. The van der Waals surface area contributed by atoms with Crippen LogP contribution in [0.4, 0.5) is 0 Å². The Bertz CT molecular complexity index is 194. The van der Waals surface area contributed by atoms with Gasteiger partial charge in [-0.1, -0.05) is 20.3 Å². The predicted molar refractivity (Wildman–Crippen MR) is 56.1 cm³/mol. The molecular weight excluding hydrogens is 178 g/mol. The van der Waals surface area contributed by atoms with Crippen molar-refractivity contribution in [3.63, 3.8) is 0 Å². The van der Waals surface area contributed by atoms with Crippen molar-refractivity contribution in [3.05, 3.63) is 0 Å². The van der Waals surface area contributed by atoms with Crippen molar-refractivity contribution in [1.82, 2.24) is 4.90 Å². The van der Waals surface area contributed by atoms with Crippen LogP contribution >= 0.6 is 0 Å². The molecule has 1 saturated heterocycles. The minimum absolute atomic E-state index is 0.250. The standard InChI is InChI=1S/C11H21NO2/c1-4-9(2)7-11(13)12-5-6-14-8-10(12)3/h9-10H,4-8H2,1-3H3/t9?,10-/m1/s1. The van der Waals surface area contributed by atoms with E-state index < -0.39 is 0 Å². The van der Waals surface area contributed by atoms with Crippen molar-refractivity contribution in [2.45, 2.75) is 39.7 Å². The molecule has 0 aromatic carbocycles. The maximum absolute atomic E-state index is 11.8. The number of amides is 1. The minimum atomic E-state index is 0.250. The van der Waals surface area contributed by atoms with Gasteiger partial charge in [-0.15, -0.1) is 0 Å². The van der Waals surface area contributed by atoms with Gasteiger partial charge >= 0.3 is 0 Å². The van der Waals surface area contributed by atoms with Gasteiger partial charge in [0.15, 0.2) is 0 Å². The van der Waals surface area contributed by atoms with Crippen LogP contribution in [0.5, 0.6) is 0 Å². The van der Waals surface area contributed by atoms with Gasteiger partial charge in [0.25, 0.3) is 0 Å². The van der Waals surface area contributed by atoms with Gasteiger partial charge in [-0.3, -0.25) is 4.79 Å². The van der Waals surface area contributed by atoms with Gasteiger partial charge in [0.05, 0.1) is 19.3 Å². The van der Waals surface area contributed by atoms with E-state index in [2.05, 4.69) is 13.8 Å². The Labute approximate surface area is 86.4 Å². The Morgan fingerprint density at radius 1 is 1.64 bits per heavy atom. The number of nitrogens with zero attached hydrogens (tertiary/aromatic N) is 1. The molecule has 0 N–H and O–H groups in total. The van der Waals surface area contributed by atoms with Gasteiger partial charge < -0.3 is 9.64 Å². The molecule has 1 heterocycles. The average molecular weight is 199 g/mol. The average Bonchev–Trinajstić information content (AvgIpc) is 2.18. The predicted octanol–water partition coefficient (Wildman–Crippen LogP) is 1.67. The van der Waals surface area contributed by atoms with Crippen molar-refractivity contribution in [3.8, 4) is 0 Å². The Kier molecular flexibility index (Phi) is 4.39. The van der Waals surface area contributed by atoms with E-state index in [1.807, 2.05) is 11.8 Å². The molecule has 0 bridgehead atoms. The molecule has 1 amide bonds. The van der Waals surface area contributed by atoms with E-state index in [1.54, 1.807) is 0 Å². The van der Waals surface area contributed by atoms with Crippen molar-refractivity contribution in [2.24, 2.45) is 5.92 Å². The van der Waals surface area contributed by atoms with Crippen molar-refractivity contribution in [1.29, 1.82) is 0 Å². The largest absolute Gasteiger partial charge is 0.377 e. The number of morpholine rings is 1. The van der Waals surface area contributed by atoms with Crippen LogP contribution in [-0.4, -0.2) is 36.6 Å². The topological polar surface area (TPSA) is 29.5 Å². The molecule has 3 nitrogen and oxygen atoms in total. The molecule has 82 valence electrons. The third kappa shape index (κ3) is 2.98. The highest BCUT2D eigenvalue weighted by Gasteiger charge is 2.24. The van der Waals surface area contributed by atoms with Crippen molar-refractivity contribution < 1.29 is 9.53 Å². The lowest BCUT2D eigenvalue weighted by Crippen LogP contribution is -2.47. The highest BCUT2D eigenvalue weighted by Crippen LogP contribution is 2.13. The lowest BCUT2D eigenvalue weighted by atomic mass is 10.0. The van der Waals surface area contributed by atoms with Crippen LogP contribution in [0.3, 0.4) is 0 Å². The maximum atomic E-state index is 11.8. The molecule has 1 aliphatic heterocycles. The Hall–Kier alpha value is -0.570. The summed E-state index contributed by atoms with van der Waals surface area (Å²) in [6, 6.07) is 0.250. The first kappa shape index (κ1) is 11.5. The van der Waals surface area contributed by atoms with Gasteiger partial charge in [-0.25, -0.2) is 0 Å². The number of rotatable bonds is 3. The molecule has 14 heavy (non-hydrogen) atoms. The molecule has 0 aliphatic carbocycles. The van der Waals surface area contributed by atoms with E-state index in [1.165, 1.54) is 0 Å². The van der Waals surface area contributed by atoms with Gasteiger partial charge in [0.1, 0.15) is 0 Å². The number of hydrogen-bond donors (Lipinski definition) is 0. The van der Waals surface area contributed by atoms with Crippen LogP contribution in [0.2, 0.25) is 0 Å². The summed E-state index contributed by atoms with van der Waals surface area (Å²) in [4.78, 5) is 13.8. The second kappa shape index (κ2) is 5.35. The quantitative estimate of drug-likeness (QED) is 0.692. The minimum Gasteiger partial charge on any atom is -0.377 e. The Morgan fingerprint density at radius 2 is 2.36 bits per heavy atom. The lowest BCUT2D eigenvalue weighted by Gasteiger charge is -2.34. The first-order chi connectivity index (χ1) is 6.65. The number of ether oxygens (including phenoxy) is 1. The fraction of sp³-hybridized carbons (Fsp3) is 0.909. The second-order valence-electron chi connectivity index (χ2n) is 4.23. The van der Waals surface area contributed by atoms with E-state index in [9.17, 15) is 4.79 Å². The number of carbonyl (C=O) groups is 1. The molecule has 0 saturated carbocycles. The zero-order valence-corrected chi connectivity index (χ0v) is 9.45. The van der Waals surface area contributed by atoms with E-state index in [4.69, 9.17) is 4.74 Å². The highest BCUT2D eigenvalue weighted by molar-refractivity contribution is 5.76. The molecular formula is C11H21NO2. The molecule has 3 heteroatoms. The molecule has 2 atom stereocenters. The summed E-state index contributed by atoms with van der Waals surface area (Å²) in [5.41, 5.74) is 0. The second-order valence-corrected chi connectivity index (χ2v) is 4.23. The van der Waals surface area contributed by atoms with E-state index in [0.29, 0.717) is 25.6 Å². The van der Waals surface area contributed by atoms with Crippen LogP contribution in [0.1, 0.15) is 33.6 Å². The number of carbonyl (C=O) groups excluding carboxylic acids is 1. The molecule has 0 radical (unpaired) electrons. The van der Waals surface area contributed by atoms with E-state index >= 15 is 0 Å². The summed E-state index contributed by atoms with van der Waals surface area (Å²) in [5.74, 6) is 0.785. The fourth-order valence-corrected chi connectivity index (χ4v) is 1.66. The molecule has 0 spiro atoms. The Balaban J connectivity index is 2.42. The van der Waals surface area contributed by atoms with Crippen LogP contribution in [0.15, 0.2) is 0 Å². The maximum Gasteiger partial charge on any atom is 0.223 e. The summed E-state index contributed by atoms with van der Waals surface area (Å²) < 4.78 is 5.30.